The highest BCUT2D eigenvalue weighted by Gasteiger charge is 2.05. The minimum absolute atomic E-state index is 0.173. The van der Waals surface area contributed by atoms with Gasteiger partial charge in [0.15, 0.2) is 11.6 Å². The maximum Gasteiger partial charge on any atom is 0.222 e. The summed E-state index contributed by atoms with van der Waals surface area (Å²) in [5.74, 6) is 0.441. The molecular weight excluding hydrogens is 235 g/mol. The number of ether oxygens (including phenoxy) is 1. The van der Waals surface area contributed by atoms with Crippen molar-refractivity contribution < 1.29 is 9.13 Å². The topological polar surface area (TPSA) is 73.1 Å². The Morgan fingerprint density at radius 3 is 2.67 bits per heavy atom. The van der Waals surface area contributed by atoms with Gasteiger partial charge in [0.2, 0.25) is 5.95 Å². The number of benzene rings is 1. The van der Waals surface area contributed by atoms with Gasteiger partial charge >= 0.3 is 0 Å². The van der Waals surface area contributed by atoms with Crippen LogP contribution >= 0.6 is 0 Å². The van der Waals surface area contributed by atoms with Gasteiger partial charge in [0, 0.05) is 23.5 Å². The van der Waals surface area contributed by atoms with Crippen molar-refractivity contribution in [2.75, 3.05) is 18.2 Å². The molecule has 0 saturated heterocycles. The summed E-state index contributed by atoms with van der Waals surface area (Å²) in [6.45, 7) is 1.80. The molecule has 0 unspecified atom stereocenters. The van der Waals surface area contributed by atoms with Gasteiger partial charge in [-0.1, -0.05) is 0 Å². The van der Waals surface area contributed by atoms with E-state index >= 15 is 0 Å². The number of rotatable bonds is 3. The lowest BCUT2D eigenvalue weighted by molar-refractivity contribution is 0.386. The van der Waals surface area contributed by atoms with Crippen molar-refractivity contribution >= 4 is 17.5 Å². The lowest BCUT2D eigenvalue weighted by atomic mass is 10.3. The van der Waals surface area contributed by atoms with Gasteiger partial charge in [0.05, 0.1) is 7.11 Å². The van der Waals surface area contributed by atoms with Crippen molar-refractivity contribution in [3.8, 4) is 5.75 Å². The van der Waals surface area contributed by atoms with Crippen LogP contribution in [-0.2, 0) is 0 Å². The van der Waals surface area contributed by atoms with Crippen LogP contribution in [0.1, 0.15) is 5.69 Å². The Kier molecular flexibility index (Phi) is 3.27. The predicted molar refractivity (Wildman–Crippen MR) is 67.4 cm³/mol. The minimum atomic E-state index is -0.443. The zero-order chi connectivity index (χ0) is 13.1. The van der Waals surface area contributed by atoms with Gasteiger partial charge in [-0.2, -0.15) is 4.98 Å². The van der Waals surface area contributed by atoms with Crippen LogP contribution in [0.4, 0.5) is 21.8 Å². The Labute approximate surface area is 104 Å². The van der Waals surface area contributed by atoms with Crippen LogP contribution in [0.2, 0.25) is 0 Å². The summed E-state index contributed by atoms with van der Waals surface area (Å²) in [4.78, 5) is 7.96. The summed E-state index contributed by atoms with van der Waals surface area (Å²) >= 11 is 0. The standard InChI is InChI=1S/C12H13FN4O/c1-7-5-11(17-12(14)15-7)16-8-3-4-10(18-2)9(13)6-8/h3-6H,1-2H3,(H3,14,15,16,17). The summed E-state index contributed by atoms with van der Waals surface area (Å²) < 4.78 is 18.3. The van der Waals surface area contributed by atoms with Gasteiger partial charge in [-0.25, -0.2) is 9.37 Å². The molecule has 3 N–H and O–H groups in total. The molecule has 0 amide bonds. The number of nitrogens with two attached hydrogens (primary N) is 1. The fourth-order valence-electron chi connectivity index (χ4n) is 1.55. The third kappa shape index (κ3) is 2.65. The molecule has 2 aromatic rings. The lowest BCUT2D eigenvalue weighted by Crippen LogP contribution is -2.01. The summed E-state index contributed by atoms with van der Waals surface area (Å²) in [5, 5.41) is 2.95. The van der Waals surface area contributed by atoms with Gasteiger partial charge < -0.3 is 15.8 Å². The average molecular weight is 248 g/mol. The molecule has 0 saturated carbocycles. The van der Waals surface area contributed by atoms with E-state index in [1.54, 1.807) is 19.1 Å². The normalized spacial score (nSPS) is 10.2. The highest BCUT2D eigenvalue weighted by molar-refractivity contribution is 5.58. The maximum absolute atomic E-state index is 13.5. The Morgan fingerprint density at radius 2 is 2.06 bits per heavy atom. The molecule has 0 bridgehead atoms. The number of hydrogen-bond donors (Lipinski definition) is 2. The third-order valence-electron chi connectivity index (χ3n) is 2.30. The fourth-order valence-corrected chi connectivity index (χ4v) is 1.55. The van der Waals surface area contributed by atoms with E-state index in [-0.39, 0.29) is 11.7 Å². The van der Waals surface area contributed by atoms with Crippen LogP contribution in [0.5, 0.6) is 5.75 Å². The number of hydrogen-bond acceptors (Lipinski definition) is 5. The smallest absolute Gasteiger partial charge is 0.222 e. The van der Waals surface area contributed by atoms with Crippen molar-refractivity contribution in [2.24, 2.45) is 0 Å². The highest BCUT2D eigenvalue weighted by Crippen LogP contribution is 2.23. The Bertz CT molecular complexity index is 554. The first-order valence-corrected chi connectivity index (χ1v) is 5.30. The molecule has 0 aliphatic carbocycles. The van der Waals surface area contributed by atoms with E-state index in [1.807, 2.05) is 0 Å². The Morgan fingerprint density at radius 1 is 1.28 bits per heavy atom. The number of aryl methyl sites for hydroxylation is 1. The monoisotopic (exact) mass is 248 g/mol. The molecule has 5 nitrogen and oxygen atoms in total. The van der Waals surface area contributed by atoms with E-state index < -0.39 is 5.82 Å². The van der Waals surface area contributed by atoms with E-state index in [2.05, 4.69) is 15.3 Å². The molecule has 0 aliphatic heterocycles. The number of nitrogens with one attached hydrogen (secondary N) is 1. The zero-order valence-electron chi connectivity index (χ0n) is 10.1. The van der Waals surface area contributed by atoms with Gasteiger partial charge in [-0.15, -0.1) is 0 Å². The first-order chi connectivity index (χ1) is 8.58. The third-order valence-corrected chi connectivity index (χ3v) is 2.30. The van der Waals surface area contributed by atoms with Gasteiger partial charge in [-0.3, -0.25) is 0 Å². The summed E-state index contributed by atoms with van der Waals surface area (Å²) in [5.41, 5.74) is 6.83. The van der Waals surface area contributed by atoms with Crippen molar-refractivity contribution in [3.63, 3.8) is 0 Å². The number of methoxy groups -OCH3 is 1. The molecule has 0 radical (unpaired) electrons. The van der Waals surface area contributed by atoms with Crippen molar-refractivity contribution in [1.82, 2.24) is 9.97 Å². The fraction of sp³-hybridized carbons (Fsp3) is 0.167. The second-order valence-corrected chi connectivity index (χ2v) is 3.73. The lowest BCUT2D eigenvalue weighted by Gasteiger charge is -2.08. The molecule has 0 aliphatic rings. The first-order valence-electron chi connectivity index (χ1n) is 5.30. The van der Waals surface area contributed by atoms with Gasteiger partial charge in [0.1, 0.15) is 5.82 Å². The van der Waals surface area contributed by atoms with E-state index in [1.165, 1.54) is 19.2 Å². The second kappa shape index (κ2) is 4.87. The second-order valence-electron chi connectivity index (χ2n) is 3.73. The molecule has 1 aromatic heterocycles. The first kappa shape index (κ1) is 12.1. The summed E-state index contributed by atoms with van der Waals surface area (Å²) in [7, 11) is 1.42. The molecule has 2 rings (SSSR count). The molecule has 0 fully saturated rings. The highest BCUT2D eigenvalue weighted by atomic mass is 19.1. The van der Waals surface area contributed by atoms with E-state index in [0.29, 0.717) is 11.5 Å². The summed E-state index contributed by atoms with van der Waals surface area (Å²) in [6.07, 6.45) is 0. The van der Waals surface area contributed by atoms with Crippen molar-refractivity contribution in [3.05, 3.63) is 35.8 Å². The number of aromatic nitrogens is 2. The molecule has 1 heterocycles. The van der Waals surface area contributed by atoms with Crippen LogP contribution in [0.3, 0.4) is 0 Å². The number of halogens is 1. The van der Waals surface area contributed by atoms with Gasteiger partial charge in [0.25, 0.3) is 0 Å². The van der Waals surface area contributed by atoms with Gasteiger partial charge in [-0.05, 0) is 19.1 Å². The molecule has 0 spiro atoms. The molecule has 6 heteroatoms. The van der Waals surface area contributed by atoms with Crippen LogP contribution in [-0.4, -0.2) is 17.1 Å². The zero-order valence-corrected chi connectivity index (χ0v) is 10.1. The Hall–Kier alpha value is -2.37. The largest absolute Gasteiger partial charge is 0.494 e. The van der Waals surface area contributed by atoms with Crippen LogP contribution in [0.15, 0.2) is 24.3 Å². The van der Waals surface area contributed by atoms with Crippen molar-refractivity contribution in [1.29, 1.82) is 0 Å². The molecule has 0 atom stereocenters. The number of anilines is 3. The summed E-state index contributed by atoms with van der Waals surface area (Å²) in [6, 6.07) is 6.27. The minimum Gasteiger partial charge on any atom is -0.494 e. The molecule has 18 heavy (non-hydrogen) atoms. The Balaban J connectivity index is 2.25. The van der Waals surface area contributed by atoms with Crippen LogP contribution in [0, 0.1) is 12.7 Å². The predicted octanol–water partition coefficient (Wildman–Crippen LogP) is 2.26. The molecule has 94 valence electrons. The van der Waals surface area contributed by atoms with Crippen molar-refractivity contribution in [2.45, 2.75) is 6.92 Å². The van der Waals surface area contributed by atoms with E-state index in [0.717, 1.165) is 5.69 Å². The maximum atomic E-state index is 13.5. The number of nitrogens with zero attached hydrogens (tertiary/aromatic N) is 2. The van der Waals surface area contributed by atoms with Crippen LogP contribution in [0.25, 0.3) is 0 Å². The quantitative estimate of drug-likeness (QED) is 0.871. The van der Waals surface area contributed by atoms with E-state index in [4.69, 9.17) is 10.5 Å². The SMILES string of the molecule is COc1ccc(Nc2cc(C)nc(N)n2)cc1F. The number of nitrogen functional groups attached to an aromatic ring is 1. The van der Waals surface area contributed by atoms with Crippen LogP contribution < -0.4 is 15.8 Å². The average Bonchev–Trinajstić information content (AvgIpc) is 2.27. The van der Waals surface area contributed by atoms with E-state index in [9.17, 15) is 4.39 Å². The molecule has 1 aromatic carbocycles. The molecular formula is C12H13FN4O.